The Balaban J connectivity index is 1.93. The number of benzene rings is 2. The smallest absolute Gasteiger partial charge is 0.343 e. The lowest BCUT2D eigenvalue weighted by atomic mass is 10.1. The zero-order chi connectivity index (χ0) is 21.0. The second kappa shape index (κ2) is 8.97. The van der Waals surface area contributed by atoms with Gasteiger partial charge in [-0.05, 0) is 41.3 Å². The average Bonchev–Trinajstić information content (AvgIpc) is 3.06. The number of carbonyl (C=O) groups excluding carboxylic acids is 1. The van der Waals surface area contributed by atoms with E-state index in [4.69, 9.17) is 11.6 Å². The van der Waals surface area contributed by atoms with Gasteiger partial charge in [0.1, 0.15) is 18.5 Å². The SMILES string of the molecule is Cc1ncc([N+](=O)[O-])n1C/C(=N/NC(=O)c1ccc(Cl)cc1)c1ccc(Br)cc1. The summed E-state index contributed by atoms with van der Waals surface area (Å²) in [6, 6.07) is 13.6. The fraction of sp³-hybridized carbons (Fsp3) is 0.105. The van der Waals surface area contributed by atoms with Crippen LogP contribution >= 0.6 is 27.5 Å². The third-order valence-corrected chi connectivity index (χ3v) is 4.89. The number of hydrogen-bond acceptors (Lipinski definition) is 5. The van der Waals surface area contributed by atoms with Crippen molar-refractivity contribution < 1.29 is 9.72 Å². The number of imidazole rings is 1. The molecule has 0 spiro atoms. The Morgan fingerprint density at radius 2 is 1.83 bits per heavy atom. The number of amides is 1. The van der Waals surface area contributed by atoms with Crippen molar-refractivity contribution in [3.8, 4) is 0 Å². The molecule has 1 amide bonds. The summed E-state index contributed by atoms with van der Waals surface area (Å²) in [5, 5.41) is 16.0. The van der Waals surface area contributed by atoms with Gasteiger partial charge in [0.15, 0.2) is 5.82 Å². The number of rotatable bonds is 6. The van der Waals surface area contributed by atoms with Crippen LogP contribution in [0.4, 0.5) is 5.82 Å². The summed E-state index contributed by atoms with van der Waals surface area (Å²) in [4.78, 5) is 27.2. The number of nitrogens with one attached hydrogen (secondary N) is 1. The molecule has 2 aromatic carbocycles. The number of carbonyl (C=O) groups is 1. The van der Waals surface area contributed by atoms with Crippen LogP contribution in [0.5, 0.6) is 0 Å². The Morgan fingerprint density at radius 3 is 2.45 bits per heavy atom. The lowest BCUT2D eigenvalue weighted by molar-refractivity contribution is -0.392. The van der Waals surface area contributed by atoms with Crippen molar-refractivity contribution in [2.45, 2.75) is 13.5 Å². The first-order chi connectivity index (χ1) is 13.8. The molecule has 1 N–H and O–H groups in total. The summed E-state index contributed by atoms with van der Waals surface area (Å²) in [7, 11) is 0. The average molecular weight is 477 g/mol. The maximum atomic E-state index is 12.4. The van der Waals surface area contributed by atoms with E-state index < -0.39 is 10.8 Å². The molecule has 3 aromatic rings. The highest BCUT2D eigenvalue weighted by Crippen LogP contribution is 2.17. The van der Waals surface area contributed by atoms with Crippen molar-refractivity contribution in [1.29, 1.82) is 0 Å². The molecule has 0 saturated heterocycles. The molecule has 0 fully saturated rings. The molecule has 8 nitrogen and oxygen atoms in total. The van der Waals surface area contributed by atoms with Gasteiger partial charge in [0.25, 0.3) is 5.91 Å². The molecule has 0 unspecified atom stereocenters. The summed E-state index contributed by atoms with van der Waals surface area (Å²) in [5.41, 5.74) is 4.03. The monoisotopic (exact) mass is 475 g/mol. The zero-order valence-electron chi connectivity index (χ0n) is 15.2. The summed E-state index contributed by atoms with van der Waals surface area (Å²) in [6.07, 6.45) is 1.20. The number of hydrazone groups is 1. The quantitative estimate of drug-likeness (QED) is 0.324. The molecule has 0 bridgehead atoms. The van der Waals surface area contributed by atoms with Crippen LogP contribution < -0.4 is 5.43 Å². The van der Waals surface area contributed by atoms with Crippen LogP contribution in [-0.2, 0) is 6.54 Å². The molecule has 1 aromatic heterocycles. The van der Waals surface area contributed by atoms with Crippen LogP contribution in [-0.4, -0.2) is 26.1 Å². The van der Waals surface area contributed by atoms with E-state index in [-0.39, 0.29) is 12.4 Å². The molecule has 0 aliphatic heterocycles. The summed E-state index contributed by atoms with van der Waals surface area (Å²) in [5.74, 6) is -0.116. The number of nitro groups is 1. The largest absolute Gasteiger partial charge is 0.358 e. The summed E-state index contributed by atoms with van der Waals surface area (Å²) >= 11 is 9.22. The fourth-order valence-corrected chi connectivity index (χ4v) is 2.96. The minimum Gasteiger partial charge on any atom is -0.358 e. The fourth-order valence-electron chi connectivity index (χ4n) is 2.56. The van der Waals surface area contributed by atoms with Gasteiger partial charge >= 0.3 is 5.82 Å². The second-order valence-electron chi connectivity index (χ2n) is 6.02. The first kappa shape index (κ1) is 20.7. The van der Waals surface area contributed by atoms with Gasteiger partial charge < -0.3 is 10.1 Å². The number of nitrogens with zero attached hydrogens (tertiary/aromatic N) is 4. The third kappa shape index (κ3) is 5.07. The van der Waals surface area contributed by atoms with E-state index in [2.05, 4.69) is 31.4 Å². The molecule has 148 valence electrons. The Labute approximate surface area is 179 Å². The number of aryl methyl sites for hydroxylation is 1. The maximum Gasteiger partial charge on any atom is 0.343 e. The highest BCUT2D eigenvalue weighted by Gasteiger charge is 2.20. The standard InChI is InChI=1S/C19H15BrClN5O3/c1-12-22-10-18(26(28)29)25(12)11-17(13-2-6-15(20)7-3-13)23-24-19(27)14-4-8-16(21)9-5-14/h2-10H,11H2,1H3,(H,24,27)/b23-17-. The van der Waals surface area contributed by atoms with Crippen molar-refractivity contribution >= 4 is 45.0 Å². The molecule has 1 heterocycles. The molecular formula is C19H15BrClN5O3. The lowest BCUT2D eigenvalue weighted by Crippen LogP contribution is -2.23. The van der Waals surface area contributed by atoms with Gasteiger partial charge in [0, 0.05) is 27.5 Å². The van der Waals surface area contributed by atoms with Crippen molar-refractivity contribution in [3.63, 3.8) is 0 Å². The number of aromatic nitrogens is 2. The number of halogens is 2. The van der Waals surface area contributed by atoms with E-state index in [0.717, 1.165) is 4.47 Å². The molecule has 29 heavy (non-hydrogen) atoms. The first-order valence-corrected chi connectivity index (χ1v) is 9.57. The van der Waals surface area contributed by atoms with Crippen LogP contribution in [0, 0.1) is 17.0 Å². The lowest BCUT2D eigenvalue weighted by Gasteiger charge is -2.09. The molecular weight excluding hydrogens is 462 g/mol. The molecule has 0 aliphatic rings. The Kier molecular flexibility index (Phi) is 6.40. The van der Waals surface area contributed by atoms with Crippen LogP contribution in [0.15, 0.2) is 64.3 Å². The third-order valence-electron chi connectivity index (χ3n) is 4.11. The van der Waals surface area contributed by atoms with Crippen LogP contribution in [0.1, 0.15) is 21.7 Å². The molecule has 10 heteroatoms. The zero-order valence-corrected chi connectivity index (χ0v) is 17.5. The summed E-state index contributed by atoms with van der Waals surface area (Å²) < 4.78 is 2.30. The predicted octanol–water partition coefficient (Wildman–Crippen LogP) is 4.35. The van der Waals surface area contributed by atoms with E-state index in [1.807, 2.05) is 12.1 Å². The minimum atomic E-state index is -0.508. The normalized spacial score (nSPS) is 11.3. The Hall–Kier alpha value is -3.04. The Bertz CT molecular complexity index is 1080. The predicted molar refractivity (Wildman–Crippen MR) is 113 cm³/mol. The van der Waals surface area contributed by atoms with Crippen molar-refractivity contribution in [2.24, 2.45) is 5.10 Å². The van der Waals surface area contributed by atoms with Gasteiger partial charge in [0.05, 0.1) is 0 Å². The van der Waals surface area contributed by atoms with Gasteiger partial charge in [-0.25, -0.2) is 15.0 Å². The van der Waals surface area contributed by atoms with Gasteiger partial charge in [0.2, 0.25) is 0 Å². The van der Waals surface area contributed by atoms with E-state index >= 15 is 0 Å². The van der Waals surface area contributed by atoms with E-state index in [0.29, 0.717) is 27.7 Å². The Morgan fingerprint density at radius 1 is 1.21 bits per heavy atom. The van der Waals surface area contributed by atoms with Crippen LogP contribution in [0.25, 0.3) is 0 Å². The van der Waals surface area contributed by atoms with Crippen molar-refractivity contribution in [2.75, 3.05) is 0 Å². The summed E-state index contributed by atoms with van der Waals surface area (Å²) in [6.45, 7) is 1.73. The second-order valence-corrected chi connectivity index (χ2v) is 7.37. The van der Waals surface area contributed by atoms with E-state index in [9.17, 15) is 14.9 Å². The van der Waals surface area contributed by atoms with Gasteiger partial charge in [-0.1, -0.05) is 39.7 Å². The number of hydrogen-bond donors (Lipinski definition) is 1. The van der Waals surface area contributed by atoms with Crippen LogP contribution in [0.3, 0.4) is 0 Å². The minimum absolute atomic E-state index is 0.0602. The molecule has 0 saturated carbocycles. The molecule has 0 atom stereocenters. The molecule has 0 aliphatic carbocycles. The highest BCUT2D eigenvalue weighted by atomic mass is 79.9. The first-order valence-electron chi connectivity index (χ1n) is 8.40. The maximum absolute atomic E-state index is 12.4. The van der Waals surface area contributed by atoms with Gasteiger partial charge in [-0.3, -0.25) is 4.79 Å². The topological polar surface area (TPSA) is 102 Å². The molecule has 0 radical (unpaired) electrons. The van der Waals surface area contributed by atoms with Crippen LogP contribution in [0.2, 0.25) is 5.02 Å². The van der Waals surface area contributed by atoms with Gasteiger partial charge in [-0.2, -0.15) is 5.10 Å². The van der Waals surface area contributed by atoms with Crippen molar-refractivity contribution in [3.05, 3.63) is 91.3 Å². The van der Waals surface area contributed by atoms with Crippen molar-refractivity contribution in [1.82, 2.24) is 15.0 Å². The highest BCUT2D eigenvalue weighted by molar-refractivity contribution is 9.10. The molecule has 3 rings (SSSR count). The van der Waals surface area contributed by atoms with E-state index in [1.54, 1.807) is 43.3 Å². The van der Waals surface area contributed by atoms with Gasteiger partial charge in [-0.15, -0.1) is 0 Å². The van der Waals surface area contributed by atoms with E-state index in [1.165, 1.54) is 10.8 Å².